The van der Waals surface area contributed by atoms with E-state index in [1.807, 2.05) is 31.4 Å². The van der Waals surface area contributed by atoms with E-state index in [0.29, 0.717) is 12.1 Å². The molecule has 6 nitrogen and oxygen atoms in total. The molecular weight excluding hydrogens is 358 g/mol. The van der Waals surface area contributed by atoms with Gasteiger partial charge < -0.3 is 5.32 Å². The molecule has 0 spiro atoms. The first-order valence-corrected chi connectivity index (χ1v) is 10.2. The van der Waals surface area contributed by atoms with Crippen LogP contribution in [0.1, 0.15) is 24.3 Å². The van der Waals surface area contributed by atoms with Crippen molar-refractivity contribution in [3.8, 4) is 0 Å². The van der Waals surface area contributed by atoms with Crippen LogP contribution in [0.5, 0.6) is 0 Å². The van der Waals surface area contributed by atoms with E-state index < -0.39 is 16.1 Å². The highest BCUT2D eigenvalue weighted by molar-refractivity contribution is 7.90. The molecule has 0 radical (unpaired) electrons. The Morgan fingerprint density at radius 3 is 2.68 bits per heavy atom. The van der Waals surface area contributed by atoms with Crippen LogP contribution in [0.15, 0.2) is 51.7 Å². The van der Waals surface area contributed by atoms with E-state index in [2.05, 4.69) is 15.0 Å². The number of amides is 1. The number of fused-ring (bicyclic) bond motifs is 1. The second kappa shape index (κ2) is 6.97. The van der Waals surface area contributed by atoms with Gasteiger partial charge in [-0.2, -0.15) is 0 Å². The van der Waals surface area contributed by atoms with Crippen LogP contribution in [0.25, 0.3) is 0 Å². The monoisotopic (exact) mass is 377 g/mol. The van der Waals surface area contributed by atoms with Gasteiger partial charge in [0.15, 0.2) is 0 Å². The molecule has 1 aromatic carbocycles. The molecule has 1 aliphatic rings. The van der Waals surface area contributed by atoms with Crippen molar-refractivity contribution in [1.82, 2.24) is 10.0 Å². The Morgan fingerprint density at radius 1 is 1.24 bits per heavy atom. The van der Waals surface area contributed by atoms with Crippen LogP contribution in [0.3, 0.4) is 0 Å². The summed E-state index contributed by atoms with van der Waals surface area (Å²) >= 11 is 1.57. The minimum atomic E-state index is -3.61. The number of carbonyl (C=O) groups excluding carboxylic acids is 1. The predicted molar refractivity (Wildman–Crippen MR) is 98.1 cm³/mol. The first-order valence-electron chi connectivity index (χ1n) is 7.88. The molecule has 132 valence electrons. The molecular formula is C17H19N3O3S2. The van der Waals surface area contributed by atoms with Gasteiger partial charge in [-0.15, -0.1) is 11.3 Å². The number of hydrogen-bond acceptors (Lipinski definition) is 5. The summed E-state index contributed by atoms with van der Waals surface area (Å²) in [7, 11) is -3.61. The molecule has 0 saturated heterocycles. The molecule has 1 aromatic heterocycles. The molecule has 2 aromatic rings. The lowest BCUT2D eigenvalue weighted by Crippen LogP contribution is -2.38. The van der Waals surface area contributed by atoms with E-state index in [9.17, 15) is 13.2 Å². The number of nitrogens with zero attached hydrogens (tertiary/aromatic N) is 1. The Bertz CT molecular complexity index is 903. The summed E-state index contributed by atoms with van der Waals surface area (Å²) in [5.41, 5.74) is 0.499. The average Bonchev–Trinajstić information content (AvgIpc) is 3.17. The number of sulfonamides is 1. The number of benzene rings is 1. The van der Waals surface area contributed by atoms with E-state index >= 15 is 0 Å². The van der Waals surface area contributed by atoms with Crippen molar-refractivity contribution < 1.29 is 13.2 Å². The molecule has 1 unspecified atom stereocenters. The molecule has 1 aliphatic heterocycles. The number of aliphatic imine (C=N–C) groups is 1. The molecule has 0 fully saturated rings. The van der Waals surface area contributed by atoms with Crippen molar-refractivity contribution in [3.05, 3.63) is 52.2 Å². The van der Waals surface area contributed by atoms with E-state index in [-0.39, 0.29) is 22.6 Å². The highest BCUT2D eigenvalue weighted by Gasteiger charge is 2.32. The lowest BCUT2D eigenvalue weighted by molar-refractivity contribution is -0.123. The fourth-order valence-electron chi connectivity index (χ4n) is 2.57. The van der Waals surface area contributed by atoms with Gasteiger partial charge >= 0.3 is 0 Å². The zero-order valence-corrected chi connectivity index (χ0v) is 15.5. The zero-order chi connectivity index (χ0) is 18.0. The molecule has 8 heteroatoms. The van der Waals surface area contributed by atoms with Crippen molar-refractivity contribution in [2.45, 2.75) is 31.3 Å². The van der Waals surface area contributed by atoms with E-state index in [1.54, 1.807) is 29.5 Å². The van der Waals surface area contributed by atoms with E-state index in [4.69, 9.17) is 0 Å². The maximum absolute atomic E-state index is 12.6. The van der Waals surface area contributed by atoms with Gasteiger partial charge in [-0.25, -0.2) is 8.42 Å². The summed E-state index contributed by atoms with van der Waals surface area (Å²) in [4.78, 5) is 18.2. The Morgan fingerprint density at radius 2 is 2.00 bits per heavy atom. The van der Waals surface area contributed by atoms with Crippen molar-refractivity contribution in [2.24, 2.45) is 10.9 Å². The van der Waals surface area contributed by atoms with Crippen molar-refractivity contribution in [2.75, 3.05) is 0 Å². The molecule has 3 rings (SSSR count). The highest BCUT2D eigenvalue weighted by atomic mass is 32.2. The number of carbonyl (C=O) groups is 1. The third-order valence-electron chi connectivity index (χ3n) is 3.85. The van der Waals surface area contributed by atoms with E-state index in [1.165, 1.54) is 6.07 Å². The molecule has 0 aliphatic carbocycles. The average molecular weight is 377 g/mol. The fraction of sp³-hybridized carbons (Fsp3) is 0.294. The smallest absolute Gasteiger partial charge is 0.263 e. The summed E-state index contributed by atoms with van der Waals surface area (Å²) < 4.78 is 26.8. The molecule has 25 heavy (non-hydrogen) atoms. The van der Waals surface area contributed by atoms with Gasteiger partial charge in [-0.05, 0) is 29.5 Å². The van der Waals surface area contributed by atoms with Gasteiger partial charge in [-0.3, -0.25) is 14.5 Å². The van der Waals surface area contributed by atoms with Crippen molar-refractivity contribution in [1.29, 1.82) is 0 Å². The summed E-state index contributed by atoms with van der Waals surface area (Å²) in [6.07, 6.45) is 0. The third-order valence-corrected chi connectivity index (χ3v) is 6.12. The summed E-state index contributed by atoms with van der Waals surface area (Å²) in [5.74, 6) is -0.0758. The molecule has 0 bridgehead atoms. The number of thiophene rings is 1. The summed E-state index contributed by atoms with van der Waals surface area (Å²) in [5, 5.41) is 4.82. The first-order chi connectivity index (χ1) is 11.9. The topological polar surface area (TPSA) is 87.6 Å². The van der Waals surface area contributed by atoms with Crippen LogP contribution in [-0.2, 0) is 21.4 Å². The minimum absolute atomic E-state index is 0.0758. The minimum Gasteiger partial charge on any atom is -0.349 e. The van der Waals surface area contributed by atoms with Crippen molar-refractivity contribution in [3.63, 3.8) is 0 Å². The van der Waals surface area contributed by atoms with Gasteiger partial charge in [-0.1, -0.05) is 32.0 Å². The molecule has 1 amide bonds. The maximum Gasteiger partial charge on any atom is 0.263 e. The number of amidine groups is 1. The van der Waals surface area contributed by atoms with Crippen molar-refractivity contribution >= 4 is 33.1 Å². The van der Waals surface area contributed by atoms with Gasteiger partial charge in [0.1, 0.15) is 11.9 Å². The third kappa shape index (κ3) is 3.74. The second-order valence-electron chi connectivity index (χ2n) is 6.07. The van der Waals surface area contributed by atoms with E-state index in [0.717, 1.165) is 4.88 Å². The Labute approximate surface area is 151 Å². The molecule has 2 N–H and O–H groups in total. The van der Waals surface area contributed by atoms with Gasteiger partial charge in [0.25, 0.3) is 10.0 Å². The quantitative estimate of drug-likeness (QED) is 0.837. The molecule has 0 saturated carbocycles. The van der Waals surface area contributed by atoms with Crippen LogP contribution in [-0.4, -0.2) is 26.2 Å². The van der Waals surface area contributed by atoms with Crippen LogP contribution < -0.4 is 10.0 Å². The SMILES string of the molecule is CC(C)C(N=C1NS(=O)(=O)c2ccccc21)C(=O)NCc1cccs1. The Hall–Kier alpha value is -2.19. The first kappa shape index (κ1) is 17.6. The van der Waals surface area contributed by atoms with Crippen LogP contribution in [0.4, 0.5) is 0 Å². The summed E-state index contributed by atoms with van der Waals surface area (Å²) in [6.45, 7) is 4.20. The Kier molecular flexibility index (Phi) is 4.91. The molecule has 2 heterocycles. The molecule has 1 atom stereocenters. The predicted octanol–water partition coefficient (Wildman–Crippen LogP) is 2.13. The normalized spacial score (nSPS) is 18.0. The number of rotatable bonds is 5. The van der Waals surface area contributed by atoms with Crippen LogP contribution in [0, 0.1) is 5.92 Å². The maximum atomic E-state index is 12.6. The number of hydrogen-bond donors (Lipinski definition) is 2. The zero-order valence-electron chi connectivity index (χ0n) is 13.9. The standard InChI is InChI=1S/C17H19N3O3S2/c1-11(2)15(17(21)18-10-12-6-5-9-24-12)19-16-13-7-3-4-8-14(13)25(22,23)20-16/h3-9,11,15H,10H2,1-2H3,(H,18,21)(H,19,20). The van der Waals surface area contributed by atoms with Gasteiger partial charge in [0, 0.05) is 10.4 Å². The lowest BCUT2D eigenvalue weighted by atomic mass is 10.0. The van der Waals surface area contributed by atoms with Crippen LogP contribution in [0.2, 0.25) is 0 Å². The summed E-state index contributed by atoms with van der Waals surface area (Å²) in [6, 6.07) is 9.82. The van der Waals surface area contributed by atoms with Crippen LogP contribution >= 0.6 is 11.3 Å². The highest BCUT2D eigenvalue weighted by Crippen LogP contribution is 2.23. The van der Waals surface area contributed by atoms with Gasteiger partial charge in [0.2, 0.25) is 5.91 Å². The lowest BCUT2D eigenvalue weighted by Gasteiger charge is -2.17. The largest absolute Gasteiger partial charge is 0.349 e. The Balaban J connectivity index is 1.84. The second-order valence-corrected chi connectivity index (χ2v) is 8.75. The number of nitrogens with one attached hydrogen (secondary N) is 2. The van der Waals surface area contributed by atoms with Gasteiger partial charge in [0.05, 0.1) is 11.4 Å². The fourth-order valence-corrected chi connectivity index (χ4v) is 4.45.